The predicted molar refractivity (Wildman–Crippen MR) is 48.4 cm³/mol. The molecule has 3 nitrogen and oxygen atoms in total. The van der Waals surface area contributed by atoms with Gasteiger partial charge in [-0.15, -0.1) is 11.3 Å². The lowest BCUT2D eigenvalue weighted by Crippen LogP contribution is -2.32. The van der Waals surface area contributed by atoms with Gasteiger partial charge in [-0.1, -0.05) is 6.07 Å². The molecule has 0 bridgehead atoms. The van der Waals surface area contributed by atoms with Crippen LogP contribution in [0.3, 0.4) is 0 Å². The van der Waals surface area contributed by atoms with Crippen molar-refractivity contribution in [2.75, 3.05) is 0 Å². The van der Waals surface area contributed by atoms with E-state index in [9.17, 15) is 4.79 Å². The molecule has 0 aliphatic rings. The van der Waals surface area contributed by atoms with E-state index in [0.29, 0.717) is 0 Å². The van der Waals surface area contributed by atoms with E-state index in [2.05, 4.69) is 12.6 Å². The maximum Gasteiger partial charge on any atom is 0.252 e. The minimum atomic E-state index is -0.444. The molecule has 0 aliphatic carbocycles. The van der Waals surface area contributed by atoms with Crippen LogP contribution in [0.5, 0.6) is 0 Å². The third-order valence-electron chi connectivity index (χ3n) is 1.20. The van der Waals surface area contributed by atoms with Gasteiger partial charge in [0, 0.05) is 4.88 Å². The van der Waals surface area contributed by atoms with Crippen molar-refractivity contribution in [3.05, 3.63) is 22.4 Å². The lowest BCUT2D eigenvalue weighted by atomic mass is 10.3. The van der Waals surface area contributed by atoms with Gasteiger partial charge < -0.3 is 0 Å². The highest BCUT2D eigenvalue weighted by Gasteiger charge is 2.14. The Labute approximate surface area is 74.0 Å². The van der Waals surface area contributed by atoms with Gasteiger partial charge in [-0.25, -0.2) is 5.84 Å². The monoisotopic (exact) mass is 188 g/mol. The predicted octanol–water partition coefficient (Wildman–Crippen LogP) is 0.709. The smallest absolute Gasteiger partial charge is 0.252 e. The van der Waals surface area contributed by atoms with Crippen LogP contribution >= 0.6 is 24.0 Å². The fourth-order valence-corrected chi connectivity index (χ4v) is 1.71. The van der Waals surface area contributed by atoms with E-state index in [4.69, 9.17) is 5.84 Å². The number of hydrogen-bond acceptors (Lipinski definition) is 4. The van der Waals surface area contributed by atoms with E-state index in [1.165, 1.54) is 11.3 Å². The van der Waals surface area contributed by atoms with Crippen LogP contribution in [0.4, 0.5) is 0 Å². The highest BCUT2D eigenvalue weighted by atomic mass is 32.1. The first-order valence-electron chi connectivity index (χ1n) is 2.97. The van der Waals surface area contributed by atoms with Crippen LogP contribution < -0.4 is 11.3 Å². The minimum Gasteiger partial charge on any atom is -0.293 e. The molecule has 0 fully saturated rings. The lowest BCUT2D eigenvalue weighted by Gasteiger charge is -2.04. The van der Waals surface area contributed by atoms with Gasteiger partial charge >= 0.3 is 0 Å². The number of carbonyl (C=O) groups excluding carboxylic acids is 1. The normalized spacial score (nSPS) is 12.5. The van der Waals surface area contributed by atoms with Crippen LogP contribution in [0.15, 0.2) is 17.5 Å². The molecule has 1 amide bonds. The number of hydrogen-bond donors (Lipinski definition) is 3. The number of thiophene rings is 1. The largest absolute Gasteiger partial charge is 0.293 e. The topological polar surface area (TPSA) is 55.1 Å². The molecule has 0 radical (unpaired) electrons. The molecule has 0 saturated heterocycles. The SMILES string of the molecule is NNC(=O)C(S)c1cccs1. The van der Waals surface area contributed by atoms with Gasteiger partial charge in [0.2, 0.25) is 0 Å². The number of nitrogens with two attached hydrogens (primary N) is 1. The quantitative estimate of drug-likeness (QED) is 0.277. The molecule has 0 aromatic carbocycles. The van der Waals surface area contributed by atoms with E-state index < -0.39 is 5.25 Å². The van der Waals surface area contributed by atoms with Crippen molar-refractivity contribution in [1.82, 2.24) is 5.43 Å². The van der Waals surface area contributed by atoms with E-state index >= 15 is 0 Å². The van der Waals surface area contributed by atoms with E-state index in [-0.39, 0.29) is 5.91 Å². The Morgan fingerprint density at radius 1 is 1.82 bits per heavy atom. The zero-order valence-corrected chi connectivity index (χ0v) is 7.36. The van der Waals surface area contributed by atoms with Gasteiger partial charge in [0.25, 0.3) is 5.91 Å². The van der Waals surface area contributed by atoms with Crippen LogP contribution in [0.25, 0.3) is 0 Å². The van der Waals surface area contributed by atoms with Crippen molar-refractivity contribution in [2.24, 2.45) is 5.84 Å². The number of rotatable bonds is 2. The molecule has 11 heavy (non-hydrogen) atoms. The maximum absolute atomic E-state index is 10.9. The second kappa shape index (κ2) is 3.75. The van der Waals surface area contributed by atoms with E-state index in [1.54, 1.807) is 0 Å². The number of thiol groups is 1. The fourth-order valence-electron chi connectivity index (χ4n) is 0.655. The summed E-state index contributed by atoms with van der Waals surface area (Å²) < 4.78 is 0. The first-order valence-corrected chi connectivity index (χ1v) is 4.37. The van der Waals surface area contributed by atoms with Gasteiger partial charge in [0.05, 0.1) is 0 Å². The Balaban J connectivity index is 2.70. The fraction of sp³-hybridized carbons (Fsp3) is 0.167. The standard InChI is InChI=1S/C6H8N2OS2/c7-8-6(9)5(10)4-2-1-3-11-4/h1-3,5,10H,7H2,(H,8,9). The Bertz CT molecular complexity index is 235. The summed E-state index contributed by atoms with van der Waals surface area (Å²) in [5.41, 5.74) is 2.04. The Kier molecular flexibility index (Phi) is 2.92. The summed E-state index contributed by atoms with van der Waals surface area (Å²) in [4.78, 5) is 11.8. The number of nitrogens with one attached hydrogen (secondary N) is 1. The van der Waals surface area contributed by atoms with Crippen LogP contribution in [-0.2, 0) is 4.79 Å². The average molecular weight is 188 g/mol. The summed E-state index contributed by atoms with van der Waals surface area (Å²) in [6.07, 6.45) is 0. The lowest BCUT2D eigenvalue weighted by molar-refractivity contribution is -0.120. The van der Waals surface area contributed by atoms with Gasteiger partial charge in [-0.3, -0.25) is 10.2 Å². The highest BCUT2D eigenvalue weighted by Crippen LogP contribution is 2.23. The molecular formula is C6H8N2OS2. The zero-order valence-electron chi connectivity index (χ0n) is 5.65. The Morgan fingerprint density at radius 3 is 3.00 bits per heavy atom. The maximum atomic E-state index is 10.9. The summed E-state index contributed by atoms with van der Waals surface area (Å²) in [6.45, 7) is 0. The molecule has 1 aromatic rings. The van der Waals surface area contributed by atoms with E-state index in [0.717, 1.165) is 4.88 Å². The van der Waals surface area contributed by atoms with Crippen LogP contribution in [0.2, 0.25) is 0 Å². The highest BCUT2D eigenvalue weighted by molar-refractivity contribution is 7.81. The van der Waals surface area contributed by atoms with Gasteiger partial charge in [-0.2, -0.15) is 12.6 Å². The molecule has 1 aromatic heterocycles. The molecule has 1 unspecified atom stereocenters. The van der Waals surface area contributed by atoms with Crippen molar-refractivity contribution in [3.63, 3.8) is 0 Å². The molecule has 5 heteroatoms. The summed E-state index contributed by atoms with van der Waals surface area (Å²) in [6, 6.07) is 3.71. The Hall–Kier alpha value is -0.520. The summed E-state index contributed by atoms with van der Waals surface area (Å²) in [5, 5.41) is 1.45. The van der Waals surface area contributed by atoms with Crippen LogP contribution in [0, 0.1) is 0 Å². The third-order valence-corrected chi connectivity index (χ3v) is 2.83. The number of hydrazine groups is 1. The van der Waals surface area contributed by atoms with Crippen molar-refractivity contribution in [1.29, 1.82) is 0 Å². The summed E-state index contributed by atoms with van der Waals surface area (Å²) in [5.74, 6) is 4.65. The van der Waals surface area contributed by atoms with Crippen molar-refractivity contribution >= 4 is 29.9 Å². The zero-order chi connectivity index (χ0) is 8.27. The second-order valence-electron chi connectivity index (χ2n) is 1.93. The molecule has 1 heterocycles. The summed E-state index contributed by atoms with van der Waals surface area (Å²) in [7, 11) is 0. The van der Waals surface area contributed by atoms with Crippen molar-refractivity contribution in [3.8, 4) is 0 Å². The van der Waals surface area contributed by atoms with Gasteiger partial charge in [0.15, 0.2) is 0 Å². The van der Waals surface area contributed by atoms with Crippen LogP contribution in [0.1, 0.15) is 10.1 Å². The van der Waals surface area contributed by atoms with Crippen molar-refractivity contribution in [2.45, 2.75) is 5.25 Å². The molecule has 1 atom stereocenters. The molecule has 0 spiro atoms. The average Bonchev–Trinajstić information content (AvgIpc) is 2.53. The van der Waals surface area contributed by atoms with Crippen molar-refractivity contribution < 1.29 is 4.79 Å². The first kappa shape index (κ1) is 8.58. The molecular weight excluding hydrogens is 180 g/mol. The van der Waals surface area contributed by atoms with Crippen LogP contribution in [-0.4, -0.2) is 5.91 Å². The number of carbonyl (C=O) groups is 1. The summed E-state index contributed by atoms with van der Waals surface area (Å²) >= 11 is 5.56. The molecule has 1 rings (SSSR count). The third kappa shape index (κ3) is 1.95. The molecule has 3 N–H and O–H groups in total. The Morgan fingerprint density at radius 2 is 2.55 bits per heavy atom. The molecule has 0 aliphatic heterocycles. The first-order chi connectivity index (χ1) is 5.25. The van der Waals surface area contributed by atoms with E-state index in [1.807, 2.05) is 22.9 Å². The minimum absolute atomic E-state index is 0.282. The molecule has 60 valence electrons. The second-order valence-corrected chi connectivity index (χ2v) is 3.42. The number of amides is 1. The molecule has 0 saturated carbocycles. The van der Waals surface area contributed by atoms with Gasteiger partial charge in [-0.05, 0) is 11.4 Å². The van der Waals surface area contributed by atoms with Gasteiger partial charge in [0.1, 0.15) is 5.25 Å².